The number of hydrogen-bond donors (Lipinski definition) is 0. The average molecular weight is 474 g/mol. The van der Waals surface area contributed by atoms with E-state index in [2.05, 4.69) is 113 Å². The van der Waals surface area contributed by atoms with Gasteiger partial charge in [-0.15, -0.1) is 22.7 Å². The molecule has 0 atom stereocenters. The first-order valence-electron chi connectivity index (χ1n) is 11.4. The van der Waals surface area contributed by atoms with Crippen molar-refractivity contribution < 1.29 is 0 Å². The van der Waals surface area contributed by atoms with E-state index in [0.29, 0.717) is 0 Å². The van der Waals surface area contributed by atoms with Gasteiger partial charge in [0.05, 0.1) is 0 Å². The lowest BCUT2D eigenvalue weighted by atomic mass is 10.0. The molecule has 6 aromatic rings. The van der Waals surface area contributed by atoms with Crippen molar-refractivity contribution >= 4 is 66.0 Å². The van der Waals surface area contributed by atoms with Crippen LogP contribution in [0.1, 0.15) is 11.1 Å². The molecule has 4 aromatic carbocycles. The molecule has 3 heteroatoms. The van der Waals surface area contributed by atoms with Crippen molar-refractivity contribution in [3.8, 4) is 0 Å². The maximum atomic E-state index is 2.28. The quantitative estimate of drug-likeness (QED) is 0.247. The third-order valence-electron chi connectivity index (χ3n) is 6.12. The molecular weight excluding hydrogens is 450 g/mol. The summed E-state index contributed by atoms with van der Waals surface area (Å²) in [5.74, 6) is 0. The number of rotatable bonds is 3. The smallest absolute Gasteiger partial charge is 0.0461 e. The Bertz CT molecular complexity index is 1470. The zero-order chi connectivity index (χ0) is 22.7. The standard InChI is InChI=1S/C18H15N.C13H8S2/c1-4-10-16(11-5-1)19(17-12-6-2-7-13-17)18-14-8-3-9-15-18;1-2-8-9(3-1)12-11(5-7-15-12)13-10(8)4-6-14-13/h1-15H;1,3-7H,2H2. The molecule has 0 spiro atoms. The molecular formula is C31H23NS2. The van der Waals surface area contributed by atoms with Crippen molar-refractivity contribution in [3.63, 3.8) is 0 Å². The maximum Gasteiger partial charge on any atom is 0.0461 e. The highest BCUT2D eigenvalue weighted by atomic mass is 32.1. The summed E-state index contributed by atoms with van der Waals surface area (Å²) in [6.45, 7) is 0. The van der Waals surface area contributed by atoms with E-state index < -0.39 is 0 Å². The van der Waals surface area contributed by atoms with Gasteiger partial charge in [0.1, 0.15) is 0 Å². The molecule has 0 N–H and O–H groups in total. The number of para-hydroxylation sites is 3. The largest absolute Gasteiger partial charge is 0.311 e. The summed E-state index contributed by atoms with van der Waals surface area (Å²) >= 11 is 3.73. The molecule has 0 unspecified atom stereocenters. The Balaban J connectivity index is 0.000000131. The van der Waals surface area contributed by atoms with Gasteiger partial charge in [-0.25, -0.2) is 0 Å². The van der Waals surface area contributed by atoms with Gasteiger partial charge in [0.15, 0.2) is 0 Å². The van der Waals surface area contributed by atoms with E-state index in [1.807, 2.05) is 40.9 Å². The zero-order valence-electron chi connectivity index (χ0n) is 18.6. The molecule has 7 rings (SSSR count). The molecule has 34 heavy (non-hydrogen) atoms. The summed E-state index contributed by atoms with van der Waals surface area (Å²) < 4.78 is 2.93. The minimum atomic E-state index is 1.11. The predicted molar refractivity (Wildman–Crippen MR) is 151 cm³/mol. The fourth-order valence-corrected chi connectivity index (χ4v) is 6.58. The van der Waals surface area contributed by atoms with Crippen LogP contribution in [0.15, 0.2) is 120 Å². The van der Waals surface area contributed by atoms with Gasteiger partial charge >= 0.3 is 0 Å². The van der Waals surface area contributed by atoms with E-state index in [1.165, 1.54) is 48.4 Å². The minimum Gasteiger partial charge on any atom is -0.311 e. The van der Waals surface area contributed by atoms with E-state index in [1.54, 1.807) is 0 Å². The second kappa shape index (κ2) is 9.30. The van der Waals surface area contributed by atoms with Crippen molar-refractivity contribution in [2.45, 2.75) is 6.42 Å². The molecule has 0 bridgehead atoms. The van der Waals surface area contributed by atoms with Crippen LogP contribution in [0.25, 0.3) is 26.2 Å². The van der Waals surface area contributed by atoms with Gasteiger partial charge in [-0.3, -0.25) is 0 Å². The molecule has 164 valence electrons. The van der Waals surface area contributed by atoms with E-state index >= 15 is 0 Å². The minimum absolute atomic E-state index is 1.11. The lowest BCUT2D eigenvalue weighted by Gasteiger charge is -2.25. The van der Waals surface area contributed by atoms with Gasteiger partial charge in [0.25, 0.3) is 0 Å². The first-order valence-corrected chi connectivity index (χ1v) is 13.2. The predicted octanol–water partition coefficient (Wildman–Crippen LogP) is 9.84. The summed E-state index contributed by atoms with van der Waals surface area (Å²) in [6.07, 6.45) is 5.67. The van der Waals surface area contributed by atoms with Gasteiger partial charge in [-0.2, -0.15) is 0 Å². The topological polar surface area (TPSA) is 3.24 Å². The van der Waals surface area contributed by atoms with E-state index in [-0.39, 0.29) is 0 Å². The fourth-order valence-electron chi connectivity index (χ4n) is 4.60. The van der Waals surface area contributed by atoms with Gasteiger partial charge in [0, 0.05) is 31.8 Å². The highest BCUT2D eigenvalue weighted by molar-refractivity contribution is 7.21. The molecule has 0 saturated carbocycles. The van der Waals surface area contributed by atoms with Gasteiger partial charge in [-0.05, 0) is 82.2 Å². The van der Waals surface area contributed by atoms with Crippen LogP contribution in [-0.4, -0.2) is 0 Å². The Hall–Kier alpha value is -3.66. The number of allylic oxidation sites excluding steroid dienone is 1. The first-order chi connectivity index (χ1) is 16.9. The van der Waals surface area contributed by atoms with Crippen molar-refractivity contribution in [3.05, 3.63) is 131 Å². The van der Waals surface area contributed by atoms with Crippen molar-refractivity contribution in [1.82, 2.24) is 0 Å². The number of hydrogen-bond acceptors (Lipinski definition) is 3. The summed E-state index contributed by atoms with van der Waals surface area (Å²) in [4.78, 5) is 2.25. The SMILES string of the molecule is C1=Cc2c(c3ccsc3c3ccsc23)C1.c1ccc(N(c2ccccc2)c2ccccc2)cc1. The van der Waals surface area contributed by atoms with Crippen LogP contribution in [-0.2, 0) is 6.42 Å². The highest BCUT2D eigenvalue weighted by Gasteiger charge is 2.16. The number of benzene rings is 4. The summed E-state index contributed by atoms with van der Waals surface area (Å²) in [6, 6.07) is 35.8. The number of nitrogens with zero attached hydrogens (tertiary/aromatic N) is 1. The van der Waals surface area contributed by atoms with Crippen LogP contribution in [0.2, 0.25) is 0 Å². The molecule has 2 heterocycles. The summed E-state index contributed by atoms with van der Waals surface area (Å²) in [5.41, 5.74) is 6.49. The first kappa shape index (κ1) is 20.9. The van der Waals surface area contributed by atoms with Crippen molar-refractivity contribution in [1.29, 1.82) is 0 Å². The normalized spacial score (nSPS) is 11.9. The third-order valence-corrected chi connectivity index (χ3v) is 8.01. The van der Waals surface area contributed by atoms with Crippen LogP contribution in [0.3, 0.4) is 0 Å². The van der Waals surface area contributed by atoms with Crippen molar-refractivity contribution in [2.75, 3.05) is 4.90 Å². The van der Waals surface area contributed by atoms with E-state index in [4.69, 9.17) is 0 Å². The lowest BCUT2D eigenvalue weighted by molar-refractivity contribution is 1.28. The van der Waals surface area contributed by atoms with Crippen LogP contribution in [0.5, 0.6) is 0 Å². The Morgan fingerprint density at radius 1 is 0.529 bits per heavy atom. The number of anilines is 3. The Labute approximate surface area is 207 Å². The fraction of sp³-hybridized carbons (Fsp3) is 0.0323. The molecule has 1 aliphatic carbocycles. The van der Waals surface area contributed by atoms with Crippen LogP contribution < -0.4 is 4.90 Å². The summed E-state index contributed by atoms with van der Waals surface area (Å²) in [7, 11) is 0. The van der Waals surface area contributed by atoms with Crippen LogP contribution in [0, 0.1) is 0 Å². The second-order valence-corrected chi connectivity index (χ2v) is 10.00. The van der Waals surface area contributed by atoms with Gasteiger partial charge in [-0.1, -0.05) is 66.7 Å². The van der Waals surface area contributed by atoms with E-state index in [9.17, 15) is 0 Å². The van der Waals surface area contributed by atoms with Gasteiger partial charge in [0.2, 0.25) is 0 Å². The maximum absolute atomic E-state index is 2.28. The second-order valence-electron chi connectivity index (χ2n) is 8.17. The molecule has 0 fully saturated rings. The number of fused-ring (bicyclic) bond motifs is 6. The molecule has 0 saturated heterocycles. The van der Waals surface area contributed by atoms with Crippen molar-refractivity contribution in [2.24, 2.45) is 0 Å². The Morgan fingerprint density at radius 2 is 1.03 bits per heavy atom. The van der Waals surface area contributed by atoms with Crippen LogP contribution in [0.4, 0.5) is 17.1 Å². The molecule has 0 aliphatic heterocycles. The zero-order valence-corrected chi connectivity index (χ0v) is 20.2. The van der Waals surface area contributed by atoms with Gasteiger partial charge < -0.3 is 4.90 Å². The lowest BCUT2D eigenvalue weighted by Crippen LogP contribution is -2.09. The molecule has 0 radical (unpaired) electrons. The molecule has 1 nitrogen and oxygen atoms in total. The summed E-state index contributed by atoms with van der Waals surface area (Å²) in [5, 5.41) is 7.32. The number of thiophene rings is 2. The highest BCUT2D eigenvalue weighted by Crippen LogP contribution is 2.41. The van der Waals surface area contributed by atoms with Crippen LogP contribution >= 0.6 is 22.7 Å². The average Bonchev–Trinajstić information content (AvgIpc) is 3.66. The Kier molecular flexibility index (Phi) is 5.72. The molecule has 0 amide bonds. The third kappa shape index (κ3) is 3.83. The Morgan fingerprint density at radius 3 is 1.59 bits per heavy atom. The molecule has 1 aliphatic rings. The monoisotopic (exact) mass is 473 g/mol. The van der Waals surface area contributed by atoms with E-state index in [0.717, 1.165) is 6.42 Å². The molecule has 2 aromatic heterocycles.